The van der Waals surface area contributed by atoms with Gasteiger partial charge in [0.15, 0.2) is 0 Å². The molecule has 1 N–H and O–H groups in total. The monoisotopic (exact) mass is 376 g/mol. The third-order valence-electron chi connectivity index (χ3n) is 5.40. The summed E-state index contributed by atoms with van der Waals surface area (Å²) in [7, 11) is 0. The highest BCUT2D eigenvalue weighted by atomic mass is 16.5. The fourth-order valence-corrected chi connectivity index (χ4v) is 3.74. The van der Waals surface area contributed by atoms with Gasteiger partial charge in [-0.1, -0.05) is 48.0 Å². The van der Waals surface area contributed by atoms with Crippen LogP contribution in [0, 0.1) is 6.92 Å². The predicted molar refractivity (Wildman–Crippen MR) is 115 cm³/mol. The fourth-order valence-electron chi connectivity index (χ4n) is 3.74. The molecule has 146 valence electrons. The SMILES string of the molecule is Cc1ccc(N2CCN(CC(O)COc3ccc4ccccc4c3)CC2)cc1. The molecular formula is C24H28N2O2. The van der Waals surface area contributed by atoms with Crippen LogP contribution in [0.5, 0.6) is 5.75 Å². The van der Waals surface area contributed by atoms with Crippen LogP contribution in [0.15, 0.2) is 66.7 Å². The van der Waals surface area contributed by atoms with Gasteiger partial charge in [-0.2, -0.15) is 0 Å². The van der Waals surface area contributed by atoms with E-state index in [-0.39, 0.29) is 0 Å². The summed E-state index contributed by atoms with van der Waals surface area (Å²) >= 11 is 0. The molecule has 3 aromatic carbocycles. The molecule has 4 rings (SSSR count). The normalized spacial score (nSPS) is 16.3. The van der Waals surface area contributed by atoms with Crippen molar-refractivity contribution in [3.8, 4) is 5.75 Å². The Morgan fingerprint density at radius 1 is 0.893 bits per heavy atom. The molecule has 0 radical (unpaired) electrons. The molecule has 1 aliphatic heterocycles. The van der Waals surface area contributed by atoms with E-state index in [0.717, 1.165) is 37.3 Å². The lowest BCUT2D eigenvalue weighted by atomic mass is 10.1. The standard InChI is InChI=1S/C24H28N2O2/c1-19-6-9-22(10-7-19)26-14-12-25(13-15-26)17-23(27)18-28-24-11-8-20-4-2-3-5-21(20)16-24/h2-11,16,23,27H,12-15,17-18H2,1H3. The first kappa shape index (κ1) is 18.8. The van der Waals surface area contributed by atoms with E-state index in [1.165, 1.54) is 16.6 Å². The first-order valence-electron chi connectivity index (χ1n) is 10.0. The van der Waals surface area contributed by atoms with Crippen molar-refractivity contribution in [2.24, 2.45) is 0 Å². The second-order valence-corrected chi connectivity index (χ2v) is 7.60. The van der Waals surface area contributed by atoms with Crippen molar-refractivity contribution in [3.05, 3.63) is 72.3 Å². The Balaban J connectivity index is 1.24. The first-order valence-corrected chi connectivity index (χ1v) is 10.0. The first-order chi connectivity index (χ1) is 13.7. The summed E-state index contributed by atoms with van der Waals surface area (Å²) in [6.07, 6.45) is -0.489. The molecule has 1 fully saturated rings. The van der Waals surface area contributed by atoms with Gasteiger partial charge in [-0.05, 0) is 42.0 Å². The summed E-state index contributed by atoms with van der Waals surface area (Å²) in [5.41, 5.74) is 2.57. The van der Waals surface area contributed by atoms with Crippen LogP contribution in [-0.2, 0) is 0 Å². The van der Waals surface area contributed by atoms with Crippen LogP contribution < -0.4 is 9.64 Å². The highest BCUT2D eigenvalue weighted by Gasteiger charge is 2.19. The number of β-amino-alcohol motifs (C(OH)–C–C–N with tert-alkyl or cyclic N) is 1. The van der Waals surface area contributed by atoms with Crippen LogP contribution in [0.1, 0.15) is 5.56 Å². The van der Waals surface area contributed by atoms with Gasteiger partial charge in [0, 0.05) is 38.4 Å². The number of benzene rings is 3. The fraction of sp³-hybridized carbons (Fsp3) is 0.333. The van der Waals surface area contributed by atoms with Crippen molar-refractivity contribution in [2.45, 2.75) is 13.0 Å². The molecule has 0 aromatic heterocycles. The Kier molecular flexibility index (Phi) is 5.79. The molecule has 4 nitrogen and oxygen atoms in total. The number of hydrogen-bond acceptors (Lipinski definition) is 4. The third kappa shape index (κ3) is 4.64. The van der Waals surface area contributed by atoms with Gasteiger partial charge in [-0.25, -0.2) is 0 Å². The van der Waals surface area contributed by atoms with Crippen molar-refractivity contribution in [1.29, 1.82) is 0 Å². The van der Waals surface area contributed by atoms with Crippen LogP contribution in [0.2, 0.25) is 0 Å². The number of aliphatic hydroxyl groups is 1. The number of rotatable bonds is 6. The number of hydrogen-bond donors (Lipinski definition) is 1. The summed E-state index contributed by atoms with van der Waals surface area (Å²) in [4.78, 5) is 4.73. The molecule has 4 heteroatoms. The van der Waals surface area contributed by atoms with Crippen LogP contribution >= 0.6 is 0 Å². The van der Waals surface area contributed by atoms with Gasteiger partial charge < -0.3 is 14.7 Å². The van der Waals surface area contributed by atoms with E-state index in [1.807, 2.05) is 24.3 Å². The Bertz CT molecular complexity index is 902. The molecule has 1 heterocycles. The maximum absolute atomic E-state index is 10.4. The predicted octanol–water partition coefficient (Wildman–Crippen LogP) is 3.71. The van der Waals surface area contributed by atoms with Gasteiger partial charge in [-0.3, -0.25) is 4.90 Å². The molecule has 0 spiro atoms. The minimum absolute atomic E-state index is 0.316. The van der Waals surface area contributed by atoms with Gasteiger partial charge in [0.2, 0.25) is 0 Å². The number of nitrogens with zero attached hydrogens (tertiary/aromatic N) is 2. The van der Waals surface area contributed by atoms with Gasteiger partial charge in [-0.15, -0.1) is 0 Å². The highest BCUT2D eigenvalue weighted by molar-refractivity contribution is 5.83. The summed E-state index contributed by atoms with van der Waals surface area (Å²) in [5.74, 6) is 0.807. The van der Waals surface area contributed by atoms with Crippen molar-refractivity contribution in [3.63, 3.8) is 0 Å². The van der Waals surface area contributed by atoms with Gasteiger partial charge >= 0.3 is 0 Å². The summed E-state index contributed by atoms with van der Waals surface area (Å²) < 4.78 is 5.83. The van der Waals surface area contributed by atoms with Crippen LogP contribution in [0.4, 0.5) is 5.69 Å². The quantitative estimate of drug-likeness (QED) is 0.711. The molecule has 1 saturated heterocycles. The Hall–Kier alpha value is -2.56. The Labute approximate surface area is 167 Å². The van der Waals surface area contributed by atoms with E-state index in [9.17, 15) is 5.11 Å². The van der Waals surface area contributed by atoms with E-state index in [2.05, 4.69) is 59.2 Å². The average molecular weight is 377 g/mol. The van der Waals surface area contributed by atoms with Gasteiger partial charge in [0.05, 0.1) is 0 Å². The molecule has 28 heavy (non-hydrogen) atoms. The molecular weight excluding hydrogens is 348 g/mol. The zero-order valence-corrected chi connectivity index (χ0v) is 16.4. The average Bonchev–Trinajstić information content (AvgIpc) is 2.73. The largest absolute Gasteiger partial charge is 0.491 e. The maximum Gasteiger partial charge on any atom is 0.120 e. The minimum atomic E-state index is -0.489. The molecule has 1 atom stereocenters. The Morgan fingerprint density at radius 3 is 2.36 bits per heavy atom. The molecule has 0 saturated carbocycles. The molecule has 1 unspecified atom stereocenters. The topological polar surface area (TPSA) is 35.9 Å². The zero-order chi connectivity index (χ0) is 19.3. The highest BCUT2D eigenvalue weighted by Crippen LogP contribution is 2.21. The number of fused-ring (bicyclic) bond motifs is 1. The second kappa shape index (κ2) is 8.63. The summed E-state index contributed by atoms with van der Waals surface area (Å²) in [5, 5.41) is 12.8. The molecule has 0 bridgehead atoms. The minimum Gasteiger partial charge on any atom is -0.491 e. The van der Waals surface area contributed by atoms with Crippen molar-refractivity contribution in [1.82, 2.24) is 4.90 Å². The maximum atomic E-state index is 10.4. The number of aliphatic hydroxyl groups excluding tert-OH is 1. The number of anilines is 1. The molecule has 3 aromatic rings. The number of ether oxygens (including phenoxy) is 1. The van der Waals surface area contributed by atoms with Gasteiger partial charge in [0.25, 0.3) is 0 Å². The van der Waals surface area contributed by atoms with Gasteiger partial charge in [0.1, 0.15) is 18.5 Å². The Morgan fingerprint density at radius 2 is 1.61 bits per heavy atom. The van der Waals surface area contributed by atoms with E-state index in [4.69, 9.17) is 4.74 Å². The van der Waals surface area contributed by atoms with Crippen LogP contribution in [0.3, 0.4) is 0 Å². The van der Waals surface area contributed by atoms with E-state index >= 15 is 0 Å². The van der Waals surface area contributed by atoms with Crippen molar-refractivity contribution >= 4 is 16.5 Å². The van der Waals surface area contributed by atoms with Crippen molar-refractivity contribution < 1.29 is 9.84 Å². The second-order valence-electron chi connectivity index (χ2n) is 7.60. The molecule has 0 amide bonds. The third-order valence-corrected chi connectivity index (χ3v) is 5.40. The summed E-state index contributed by atoms with van der Waals surface area (Å²) in [6, 6.07) is 23.0. The lowest BCUT2D eigenvalue weighted by Crippen LogP contribution is -2.49. The molecule has 0 aliphatic carbocycles. The van der Waals surface area contributed by atoms with Crippen LogP contribution in [0.25, 0.3) is 10.8 Å². The summed E-state index contributed by atoms with van der Waals surface area (Å²) in [6.45, 7) is 6.97. The lowest BCUT2D eigenvalue weighted by molar-refractivity contribution is 0.0663. The van der Waals surface area contributed by atoms with E-state index < -0.39 is 6.10 Å². The zero-order valence-electron chi connectivity index (χ0n) is 16.4. The van der Waals surface area contributed by atoms with E-state index in [0.29, 0.717) is 13.2 Å². The molecule has 1 aliphatic rings. The number of piperazine rings is 1. The van der Waals surface area contributed by atoms with Crippen LogP contribution in [-0.4, -0.2) is 55.4 Å². The number of aryl methyl sites for hydroxylation is 1. The smallest absolute Gasteiger partial charge is 0.120 e. The van der Waals surface area contributed by atoms with E-state index in [1.54, 1.807) is 0 Å². The lowest BCUT2D eigenvalue weighted by Gasteiger charge is -2.36. The van der Waals surface area contributed by atoms with Crippen molar-refractivity contribution in [2.75, 3.05) is 44.2 Å².